The maximum Gasteiger partial charge on any atom is 0.162 e. The minimum absolute atomic E-state index is 0.116. The summed E-state index contributed by atoms with van der Waals surface area (Å²) in [4.78, 5) is 14.5. The summed E-state index contributed by atoms with van der Waals surface area (Å²) in [6.07, 6.45) is 5.21. The summed E-state index contributed by atoms with van der Waals surface area (Å²) in [5.41, 5.74) is 1.08. The molecule has 0 saturated carbocycles. The zero-order valence-corrected chi connectivity index (χ0v) is 13.2. The first-order chi connectivity index (χ1) is 9.96. The normalized spacial score (nSPS) is 19.2. The molecule has 3 heteroatoms. The quantitative estimate of drug-likeness (QED) is 0.754. The predicted octanol–water partition coefficient (Wildman–Crippen LogP) is 4.30. The highest BCUT2D eigenvalue weighted by molar-refractivity contribution is 5.95. The van der Waals surface area contributed by atoms with Gasteiger partial charge in [0.25, 0.3) is 0 Å². The zero-order valence-electron chi connectivity index (χ0n) is 13.2. The number of halogens is 1. The van der Waals surface area contributed by atoms with E-state index >= 15 is 0 Å². The number of nitrogens with zero attached hydrogens (tertiary/aromatic N) is 1. The van der Waals surface area contributed by atoms with E-state index in [-0.39, 0.29) is 11.6 Å². The van der Waals surface area contributed by atoms with E-state index in [9.17, 15) is 9.18 Å². The summed E-state index contributed by atoms with van der Waals surface area (Å²) < 4.78 is 12.8. The highest BCUT2D eigenvalue weighted by atomic mass is 19.1. The second kappa shape index (κ2) is 7.17. The number of hydrogen-bond acceptors (Lipinski definition) is 2. The summed E-state index contributed by atoms with van der Waals surface area (Å²) >= 11 is 0. The van der Waals surface area contributed by atoms with E-state index in [4.69, 9.17) is 0 Å². The van der Waals surface area contributed by atoms with Crippen LogP contribution >= 0.6 is 0 Å². The molecule has 0 amide bonds. The maximum atomic E-state index is 12.8. The predicted molar refractivity (Wildman–Crippen MR) is 84.0 cm³/mol. The number of Topliss-reactive ketones (excluding diaryl/α,β-unsaturated/α-hetero) is 1. The van der Waals surface area contributed by atoms with E-state index in [0.29, 0.717) is 17.4 Å². The molecular weight excluding hydrogens is 265 g/mol. The summed E-state index contributed by atoms with van der Waals surface area (Å²) in [5.74, 6) is -0.177. The third-order valence-electron chi connectivity index (χ3n) is 4.48. The van der Waals surface area contributed by atoms with Gasteiger partial charge in [-0.25, -0.2) is 4.39 Å². The molecule has 1 saturated heterocycles. The average molecular weight is 291 g/mol. The monoisotopic (exact) mass is 291 g/mol. The van der Waals surface area contributed by atoms with Crippen LogP contribution in [0.5, 0.6) is 0 Å². The minimum Gasteiger partial charge on any atom is -0.303 e. The lowest BCUT2D eigenvalue weighted by molar-refractivity contribution is 0.0974. The van der Waals surface area contributed by atoms with Gasteiger partial charge < -0.3 is 4.90 Å². The van der Waals surface area contributed by atoms with Gasteiger partial charge in [-0.05, 0) is 75.0 Å². The Balaban J connectivity index is 1.74. The Morgan fingerprint density at radius 3 is 2.62 bits per heavy atom. The van der Waals surface area contributed by atoms with E-state index < -0.39 is 0 Å². The largest absolute Gasteiger partial charge is 0.303 e. The van der Waals surface area contributed by atoms with E-state index in [1.165, 1.54) is 31.4 Å². The van der Waals surface area contributed by atoms with Crippen LogP contribution in [-0.2, 0) is 0 Å². The van der Waals surface area contributed by atoms with Crippen molar-refractivity contribution in [2.24, 2.45) is 5.41 Å². The van der Waals surface area contributed by atoms with Crippen molar-refractivity contribution in [3.63, 3.8) is 0 Å². The first-order valence-electron chi connectivity index (χ1n) is 7.97. The third-order valence-corrected chi connectivity index (χ3v) is 4.48. The van der Waals surface area contributed by atoms with Crippen molar-refractivity contribution < 1.29 is 9.18 Å². The fraction of sp³-hybridized carbons (Fsp3) is 0.611. The van der Waals surface area contributed by atoms with Crippen LogP contribution in [-0.4, -0.2) is 30.3 Å². The Labute approximate surface area is 127 Å². The molecule has 0 spiro atoms. The standard InChI is InChI=1S/C18H26FNO/c1-18(2)10-4-13-20(14-11-18)12-3-5-17(21)15-6-8-16(19)9-7-15/h6-9H,3-5,10-14H2,1-2H3. The van der Waals surface area contributed by atoms with Crippen molar-refractivity contribution in [3.05, 3.63) is 35.6 Å². The molecule has 2 rings (SSSR count). The number of carbonyl (C=O) groups excluding carboxylic acids is 1. The van der Waals surface area contributed by atoms with Gasteiger partial charge in [0.05, 0.1) is 0 Å². The van der Waals surface area contributed by atoms with Crippen LogP contribution < -0.4 is 0 Å². The van der Waals surface area contributed by atoms with E-state index in [2.05, 4.69) is 18.7 Å². The average Bonchev–Trinajstić information content (AvgIpc) is 2.61. The molecular formula is C18H26FNO. The lowest BCUT2D eigenvalue weighted by Crippen LogP contribution is -2.27. The molecule has 1 aliphatic heterocycles. The van der Waals surface area contributed by atoms with Crippen molar-refractivity contribution >= 4 is 5.78 Å². The molecule has 0 radical (unpaired) electrons. The number of carbonyl (C=O) groups is 1. The first kappa shape index (κ1) is 16.2. The van der Waals surface area contributed by atoms with Crippen LogP contribution in [0.25, 0.3) is 0 Å². The molecule has 21 heavy (non-hydrogen) atoms. The zero-order chi connectivity index (χ0) is 15.3. The fourth-order valence-corrected chi connectivity index (χ4v) is 2.95. The second-order valence-corrected chi connectivity index (χ2v) is 6.89. The molecule has 0 N–H and O–H groups in total. The van der Waals surface area contributed by atoms with Crippen molar-refractivity contribution in [3.8, 4) is 0 Å². The Hall–Kier alpha value is -1.22. The van der Waals surface area contributed by atoms with Crippen molar-refractivity contribution in [2.45, 2.75) is 46.0 Å². The molecule has 1 fully saturated rings. The molecule has 1 aliphatic rings. The van der Waals surface area contributed by atoms with Crippen LogP contribution in [0, 0.1) is 11.2 Å². The molecule has 0 aliphatic carbocycles. The summed E-state index contributed by atoms with van der Waals surface area (Å²) in [5, 5.41) is 0. The van der Waals surface area contributed by atoms with Gasteiger partial charge in [-0.15, -0.1) is 0 Å². The molecule has 116 valence electrons. The lowest BCUT2D eigenvalue weighted by atomic mass is 9.85. The second-order valence-electron chi connectivity index (χ2n) is 6.89. The van der Waals surface area contributed by atoms with Crippen LogP contribution in [0.3, 0.4) is 0 Å². The molecule has 1 aromatic rings. The van der Waals surface area contributed by atoms with Gasteiger partial charge in [0, 0.05) is 12.0 Å². The number of benzene rings is 1. The molecule has 0 unspecified atom stereocenters. The molecule has 2 nitrogen and oxygen atoms in total. The van der Waals surface area contributed by atoms with Crippen molar-refractivity contribution in [1.82, 2.24) is 4.90 Å². The van der Waals surface area contributed by atoms with Crippen LogP contribution in [0.15, 0.2) is 24.3 Å². The van der Waals surface area contributed by atoms with E-state index in [1.54, 1.807) is 12.1 Å². The van der Waals surface area contributed by atoms with Gasteiger partial charge in [0.15, 0.2) is 5.78 Å². The van der Waals surface area contributed by atoms with Crippen LogP contribution in [0.1, 0.15) is 56.3 Å². The number of ketones is 1. The number of likely N-dealkylation sites (tertiary alicyclic amines) is 1. The van der Waals surface area contributed by atoms with Crippen molar-refractivity contribution in [1.29, 1.82) is 0 Å². The summed E-state index contributed by atoms with van der Waals surface area (Å²) in [6, 6.07) is 5.85. The van der Waals surface area contributed by atoms with Crippen LogP contribution in [0.2, 0.25) is 0 Å². The third kappa shape index (κ3) is 5.24. The van der Waals surface area contributed by atoms with Crippen molar-refractivity contribution in [2.75, 3.05) is 19.6 Å². The van der Waals surface area contributed by atoms with E-state index in [1.807, 2.05) is 0 Å². The Morgan fingerprint density at radius 1 is 1.19 bits per heavy atom. The first-order valence-corrected chi connectivity index (χ1v) is 7.97. The smallest absolute Gasteiger partial charge is 0.162 e. The molecule has 0 atom stereocenters. The van der Waals surface area contributed by atoms with Gasteiger partial charge in [0.1, 0.15) is 5.82 Å². The van der Waals surface area contributed by atoms with Crippen LogP contribution in [0.4, 0.5) is 4.39 Å². The molecule has 0 aromatic heterocycles. The Kier molecular flexibility index (Phi) is 5.51. The molecule has 1 heterocycles. The van der Waals surface area contributed by atoms with Gasteiger partial charge in [-0.3, -0.25) is 4.79 Å². The summed E-state index contributed by atoms with van der Waals surface area (Å²) in [6.45, 7) is 7.96. The van der Waals surface area contributed by atoms with Gasteiger partial charge in [-0.1, -0.05) is 13.8 Å². The lowest BCUT2D eigenvalue weighted by Gasteiger charge is -2.23. The van der Waals surface area contributed by atoms with Gasteiger partial charge >= 0.3 is 0 Å². The number of rotatable bonds is 5. The van der Waals surface area contributed by atoms with Gasteiger partial charge in [0.2, 0.25) is 0 Å². The molecule has 1 aromatic carbocycles. The number of hydrogen-bond donors (Lipinski definition) is 0. The maximum absolute atomic E-state index is 12.8. The highest BCUT2D eigenvalue weighted by Crippen LogP contribution is 2.29. The Bertz CT molecular complexity index is 467. The summed E-state index contributed by atoms with van der Waals surface area (Å²) in [7, 11) is 0. The fourth-order valence-electron chi connectivity index (χ4n) is 2.95. The van der Waals surface area contributed by atoms with E-state index in [0.717, 1.165) is 26.1 Å². The Morgan fingerprint density at radius 2 is 1.90 bits per heavy atom. The SMILES string of the molecule is CC1(C)CCCN(CCCC(=O)c2ccc(F)cc2)CC1. The highest BCUT2D eigenvalue weighted by Gasteiger charge is 2.22. The minimum atomic E-state index is -0.293. The topological polar surface area (TPSA) is 20.3 Å². The molecule has 0 bridgehead atoms. The van der Waals surface area contributed by atoms with Gasteiger partial charge in [-0.2, -0.15) is 0 Å².